The van der Waals surface area contributed by atoms with Crippen LogP contribution in [-0.2, 0) is 4.74 Å². The van der Waals surface area contributed by atoms with E-state index < -0.39 is 0 Å². The predicted molar refractivity (Wildman–Crippen MR) is 88.9 cm³/mol. The lowest BCUT2D eigenvalue weighted by atomic mass is 9.99. The normalized spacial score (nSPS) is 40.4. The molecule has 0 amide bonds. The van der Waals surface area contributed by atoms with Crippen LogP contribution in [0.25, 0.3) is 0 Å². The third kappa shape index (κ3) is 3.47. The average Bonchev–Trinajstić information content (AvgIpc) is 3.32. The van der Waals surface area contributed by atoms with Gasteiger partial charge in [-0.25, -0.2) is 0 Å². The number of ether oxygens (including phenoxy) is 1. The molecule has 2 heterocycles. The molecule has 0 aromatic heterocycles. The Labute approximate surface area is 128 Å². The van der Waals surface area contributed by atoms with E-state index in [-0.39, 0.29) is 0 Å². The van der Waals surface area contributed by atoms with Crippen molar-refractivity contribution < 1.29 is 4.74 Å². The molecule has 19 heavy (non-hydrogen) atoms. The molecule has 0 radical (unpaired) electrons. The van der Waals surface area contributed by atoms with Gasteiger partial charge in [0.05, 0.1) is 9.49 Å². The highest BCUT2D eigenvalue weighted by Gasteiger charge is 2.62. The van der Waals surface area contributed by atoms with Crippen LogP contribution < -0.4 is 0 Å². The molecule has 0 aliphatic carbocycles. The van der Waals surface area contributed by atoms with E-state index in [1.165, 1.54) is 51.4 Å². The summed E-state index contributed by atoms with van der Waals surface area (Å²) in [5.41, 5.74) is 0.994. The third-order valence-electron chi connectivity index (χ3n) is 4.78. The summed E-state index contributed by atoms with van der Waals surface area (Å²) in [4.78, 5) is 0. The standard InChI is InChI=1S/C16H30OS2/c1-5-9-11-15(7-3)13(18-15)17-14-16(8-4,19-14)12-10-6-2/h13-14H,5-12H2,1-4H3. The summed E-state index contributed by atoms with van der Waals surface area (Å²) in [5.74, 6) is 0. The summed E-state index contributed by atoms with van der Waals surface area (Å²) >= 11 is 4.18. The van der Waals surface area contributed by atoms with Crippen LogP contribution in [0.3, 0.4) is 0 Å². The van der Waals surface area contributed by atoms with Crippen LogP contribution in [0.1, 0.15) is 79.1 Å². The van der Waals surface area contributed by atoms with Gasteiger partial charge in [-0.1, -0.05) is 53.4 Å². The van der Waals surface area contributed by atoms with E-state index in [0.717, 1.165) is 0 Å². The van der Waals surface area contributed by atoms with Crippen molar-refractivity contribution in [3.63, 3.8) is 0 Å². The molecule has 4 unspecified atom stereocenters. The quantitative estimate of drug-likeness (QED) is 0.470. The van der Waals surface area contributed by atoms with Gasteiger partial charge in [0.15, 0.2) is 0 Å². The predicted octanol–water partition coefficient (Wildman–Crippen LogP) is 5.83. The van der Waals surface area contributed by atoms with Crippen LogP contribution in [0.2, 0.25) is 0 Å². The minimum atomic E-state index is 0.476. The lowest BCUT2D eigenvalue weighted by Crippen LogP contribution is -2.21. The van der Waals surface area contributed by atoms with Crippen molar-refractivity contribution >= 4 is 23.5 Å². The van der Waals surface area contributed by atoms with E-state index in [0.29, 0.717) is 20.4 Å². The fourth-order valence-electron chi connectivity index (χ4n) is 2.93. The Hall–Kier alpha value is 0.660. The largest absolute Gasteiger partial charge is 0.351 e. The minimum absolute atomic E-state index is 0.476. The number of hydrogen-bond acceptors (Lipinski definition) is 3. The van der Waals surface area contributed by atoms with Gasteiger partial charge in [0.2, 0.25) is 0 Å². The maximum atomic E-state index is 6.41. The lowest BCUT2D eigenvalue weighted by molar-refractivity contribution is 0.0878. The molecule has 0 N–H and O–H groups in total. The van der Waals surface area contributed by atoms with E-state index in [1.54, 1.807) is 0 Å². The van der Waals surface area contributed by atoms with Gasteiger partial charge >= 0.3 is 0 Å². The Morgan fingerprint density at radius 1 is 0.789 bits per heavy atom. The zero-order valence-corrected chi connectivity index (χ0v) is 14.7. The number of unbranched alkanes of at least 4 members (excludes halogenated alkanes) is 2. The molecule has 0 bridgehead atoms. The fourth-order valence-corrected chi connectivity index (χ4v) is 5.59. The molecule has 0 spiro atoms. The van der Waals surface area contributed by atoms with Gasteiger partial charge in [-0.05, 0) is 25.7 Å². The summed E-state index contributed by atoms with van der Waals surface area (Å²) in [6.07, 6.45) is 10.6. The first-order chi connectivity index (χ1) is 9.16. The highest BCUT2D eigenvalue weighted by molar-refractivity contribution is 8.09. The SMILES string of the molecule is CCCCC1(CC)SC1OC1SC1(CC)CCCC. The molecule has 2 rings (SSSR count). The maximum absolute atomic E-state index is 6.41. The zero-order valence-electron chi connectivity index (χ0n) is 13.0. The number of hydrogen-bond donors (Lipinski definition) is 0. The highest BCUT2D eigenvalue weighted by Crippen LogP contribution is 2.66. The molecule has 1 nitrogen and oxygen atoms in total. The van der Waals surface area contributed by atoms with Crippen molar-refractivity contribution in [3.8, 4) is 0 Å². The first-order valence-corrected chi connectivity index (χ1v) is 9.93. The van der Waals surface area contributed by atoms with Crippen LogP contribution in [0, 0.1) is 0 Å². The van der Waals surface area contributed by atoms with Crippen molar-refractivity contribution in [2.75, 3.05) is 0 Å². The average molecular weight is 303 g/mol. The zero-order chi connectivity index (χ0) is 13.9. The smallest absolute Gasteiger partial charge is 0.120 e. The second-order valence-electron chi connectivity index (χ2n) is 6.08. The molecule has 2 saturated heterocycles. The molecule has 2 aliphatic rings. The molecule has 3 heteroatoms. The van der Waals surface area contributed by atoms with Gasteiger partial charge in [0, 0.05) is 0 Å². The Morgan fingerprint density at radius 3 is 1.53 bits per heavy atom. The van der Waals surface area contributed by atoms with Crippen LogP contribution in [0.15, 0.2) is 0 Å². The first-order valence-electron chi connectivity index (χ1n) is 8.17. The van der Waals surface area contributed by atoms with Crippen molar-refractivity contribution in [3.05, 3.63) is 0 Å². The van der Waals surface area contributed by atoms with Crippen molar-refractivity contribution in [1.29, 1.82) is 0 Å². The lowest BCUT2D eigenvalue weighted by Gasteiger charge is -2.14. The molecule has 2 aliphatic heterocycles. The van der Waals surface area contributed by atoms with Gasteiger partial charge in [-0.3, -0.25) is 0 Å². The third-order valence-corrected chi connectivity index (χ3v) is 8.18. The van der Waals surface area contributed by atoms with Crippen LogP contribution in [0.5, 0.6) is 0 Å². The maximum Gasteiger partial charge on any atom is 0.120 e. The van der Waals surface area contributed by atoms with E-state index in [2.05, 4.69) is 51.2 Å². The summed E-state index contributed by atoms with van der Waals surface area (Å²) in [5, 5.41) is 0. The van der Waals surface area contributed by atoms with E-state index in [1.807, 2.05) is 0 Å². The monoisotopic (exact) mass is 302 g/mol. The Balaban J connectivity index is 1.78. The van der Waals surface area contributed by atoms with E-state index in [4.69, 9.17) is 4.74 Å². The summed E-state index contributed by atoms with van der Waals surface area (Å²) in [7, 11) is 0. The van der Waals surface area contributed by atoms with Crippen LogP contribution in [-0.4, -0.2) is 20.4 Å². The van der Waals surface area contributed by atoms with Gasteiger partial charge in [0.25, 0.3) is 0 Å². The molecule has 0 aromatic rings. The second-order valence-corrected chi connectivity index (χ2v) is 9.03. The first kappa shape index (κ1) is 16.0. The van der Waals surface area contributed by atoms with Crippen LogP contribution >= 0.6 is 23.5 Å². The van der Waals surface area contributed by atoms with Gasteiger partial charge < -0.3 is 4.74 Å². The summed E-state index contributed by atoms with van der Waals surface area (Å²) in [6.45, 7) is 9.23. The van der Waals surface area contributed by atoms with E-state index >= 15 is 0 Å². The molecular weight excluding hydrogens is 272 g/mol. The number of thioether (sulfide) groups is 2. The second kappa shape index (κ2) is 6.62. The molecule has 2 fully saturated rings. The van der Waals surface area contributed by atoms with Crippen molar-refractivity contribution in [2.45, 2.75) is 99.4 Å². The van der Waals surface area contributed by atoms with Crippen molar-refractivity contribution in [1.82, 2.24) is 0 Å². The Kier molecular flexibility index (Phi) is 5.58. The van der Waals surface area contributed by atoms with Crippen molar-refractivity contribution in [2.24, 2.45) is 0 Å². The van der Waals surface area contributed by atoms with Crippen LogP contribution in [0.4, 0.5) is 0 Å². The molecular formula is C16H30OS2. The van der Waals surface area contributed by atoms with Gasteiger partial charge in [-0.2, -0.15) is 0 Å². The Morgan fingerprint density at radius 2 is 1.21 bits per heavy atom. The van der Waals surface area contributed by atoms with Gasteiger partial charge in [-0.15, -0.1) is 23.5 Å². The topological polar surface area (TPSA) is 9.23 Å². The van der Waals surface area contributed by atoms with Gasteiger partial charge in [0.1, 0.15) is 10.9 Å². The molecule has 112 valence electrons. The highest BCUT2D eigenvalue weighted by atomic mass is 32.2. The minimum Gasteiger partial charge on any atom is -0.351 e. The number of rotatable bonds is 10. The molecule has 0 saturated carbocycles. The molecule has 0 aromatic carbocycles. The summed E-state index contributed by atoms with van der Waals surface area (Å²) < 4.78 is 7.36. The van der Waals surface area contributed by atoms with E-state index in [9.17, 15) is 0 Å². The molecule has 4 atom stereocenters. The fraction of sp³-hybridized carbons (Fsp3) is 1.00. The Bertz CT molecular complexity index is 268. The summed E-state index contributed by atoms with van der Waals surface area (Å²) in [6, 6.07) is 0.